The molecule has 9 nitrogen and oxygen atoms in total. The van der Waals surface area contributed by atoms with Crippen LogP contribution in [0.1, 0.15) is 13.8 Å². The molecule has 2 aromatic rings. The average molecular weight is 460 g/mol. The summed E-state index contributed by atoms with van der Waals surface area (Å²) in [6.45, 7) is 8.10. The molecule has 11 heteroatoms. The van der Waals surface area contributed by atoms with Crippen LogP contribution in [0, 0.1) is 5.92 Å². The lowest BCUT2D eigenvalue weighted by Gasteiger charge is -2.27. The number of nitrogens with one attached hydrogen (secondary N) is 3. The molecule has 1 saturated heterocycles. The van der Waals surface area contributed by atoms with Gasteiger partial charge in [-0.2, -0.15) is 4.98 Å². The van der Waals surface area contributed by atoms with Crippen LogP contribution in [-0.2, 0) is 10.0 Å². The number of piperazine rings is 1. The number of sulfonamides is 1. The molecule has 0 saturated carbocycles. The third-order valence-corrected chi connectivity index (χ3v) is 5.97. The Kier molecular flexibility index (Phi) is 6.56. The molecule has 27 heavy (non-hydrogen) atoms. The molecule has 0 bridgehead atoms. The lowest BCUT2D eigenvalue weighted by Crippen LogP contribution is -2.44. The molecular formula is C16H26BrN7O2S. The van der Waals surface area contributed by atoms with Crippen molar-refractivity contribution in [3.05, 3.63) is 16.7 Å². The van der Waals surface area contributed by atoms with Gasteiger partial charge < -0.3 is 15.5 Å². The highest BCUT2D eigenvalue weighted by Crippen LogP contribution is 2.23. The van der Waals surface area contributed by atoms with E-state index in [4.69, 9.17) is 0 Å². The highest BCUT2D eigenvalue weighted by Gasteiger charge is 2.17. The van der Waals surface area contributed by atoms with E-state index in [1.54, 1.807) is 4.52 Å². The molecule has 3 rings (SSSR count). The summed E-state index contributed by atoms with van der Waals surface area (Å²) in [6, 6.07) is 1.91. The zero-order valence-corrected chi connectivity index (χ0v) is 18.0. The zero-order valence-electron chi connectivity index (χ0n) is 15.6. The quantitative estimate of drug-likeness (QED) is 0.538. The maximum Gasteiger partial charge on any atom is 0.245 e. The molecule has 0 atom stereocenters. The standard InChI is InChI=1S/C16H26BrN7O2S/c1-12(2)10-20-27(25,26)8-5-19-15-14-9-13(17)11-24(14)22-16(21-15)23-6-3-18-4-7-23/h9,11-12,18,20H,3-8,10H2,1-2H3,(H,19,21,22). The second kappa shape index (κ2) is 8.72. The van der Waals surface area contributed by atoms with Crippen molar-refractivity contribution in [1.29, 1.82) is 0 Å². The third kappa shape index (κ3) is 5.53. The van der Waals surface area contributed by atoms with E-state index in [-0.39, 0.29) is 18.2 Å². The molecule has 0 aliphatic carbocycles. The molecule has 1 fully saturated rings. The van der Waals surface area contributed by atoms with Gasteiger partial charge in [0.25, 0.3) is 0 Å². The summed E-state index contributed by atoms with van der Waals surface area (Å²) in [5.74, 6) is 1.52. The normalized spacial score (nSPS) is 15.6. The van der Waals surface area contributed by atoms with E-state index in [1.165, 1.54) is 0 Å². The first-order valence-corrected chi connectivity index (χ1v) is 11.5. The van der Waals surface area contributed by atoms with Crippen LogP contribution in [0.5, 0.6) is 0 Å². The molecule has 0 aromatic carbocycles. The number of rotatable bonds is 8. The number of nitrogens with zero attached hydrogens (tertiary/aromatic N) is 4. The summed E-state index contributed by atoms with van der Waals surface area (Å²) in [6.07, 6.45) is 1.87. The van der Waals surface area contributed by atoms with Gasteiger partial charge >= 0.3 is 0 Å². The first-order valence-electron chi connectivity index (χ1n) is 9.07. The summed E-state index contributed by atoms with van der Waals surface area (Å²) in [5, 5.41) is 11.1. The molecule has 1 aliphatic heterocycles. The van der Waals surface area contributed by atoms with E-state index in [0.717, 1.165) is 36.2 Å². The van der Waals surface area contributed by atoms with E-state index < -0.39 is 10.0 Å². The van der Waals surface area contributed by atoms with Gasteiger partial charge in [0.1, 0.15) is 5.52 Å². The van der Waals surface area contributed by atoms with Crippen molar-refractivity contribution in [1.82, 2.24) is 24.6 Å². The molecule has 0 amide bonds. The maximum absolute atomic E-state index is 12.1. The van der Waals surface area contributed by atoms with Crippen molar-refractivity contribution < 1.29 is 8.42 Å². The number of anilines is 2. The van der Waals surface area contributed by atoms with Crippen LogP contribution in [0.25, 0.3) is 5.52 Å². The minimum Gasteiger partial charge on any atom is -0.367 e. The zero-order chi connectivity index (χ0) is 19.4. The van der Waals surface area contributed by atoms with Crippen LogP contribution >= 0.6 is 15.9 Å². The van der Waals surface area contributed by atoms with Crippen molar-refractivity contribution in [2.24, 2.45) is 5.92 Å². The highest BCUT2D eigenvalue weighted by atomic mass is 79.9. The Morgan fingerprint density at radius 2 is 2.07 bits per heavy atom. The van der Waals surface area contributed by atoms with Gasteiger partial charge in [-0.15, -0.1) is 5.10 Å². The van der Waals surface area contributed by atoms with Gasteiger partial charge in [-0.1, -0.05) is 13.8 Å². The fourth-order valence-electron chi connectivity index (χ4n) is 2.75. The van der Waals surface area contributed by atoms with Gasteiger partial charge in [0.2, 0.25) is 16.0 Å². The smallest absolute Gasteiger partial charge is 0.245 e. The maximum atomic E-state index is 12.1. The van der Waals surface area contributed by atoms with E-state index in [0.29, 0.717) is 18.3 Å². The Bertz CT molecular complexity index is 878. The minimum absolute atomic E-state index is 0.0132. The monoisotopic (exact) mass is 459 g/mol. The first-order chi connectivity index (χ1) is 12.8. The molecule has 150 valence electrons. The summed E-state index contributed by atoms with van der Waals surface area (Å²) in [4.78, 5) is 6.77. The highest BCUT2D eigenvalue weighted by molar-refractivity contribution is 9.10. The molecule has 3 heterocycles. The van der Waals surface area contributed by atoms with E-state index in [2.05, 4.69) is 46.3 Å². The summed E-state index contributed by atoms with van der Waals surface area (Å²) in [5.41, 5.74) is 0.799. The molecule has 0 radical (unpaired) electrons. The van der Waals surface area contributed by atoms with Gasteiger partial charge in [0, 0.05) is 49.9 Å². The van der Waals surface area contributed by atoms with Crippen molar-refractivity contribution in [3.8, 4) is 0 Å². The van der Waals surface area contributed by atoms with Crippen LogP contribution in [0.2, 0.25) is 0 Å². The second-order valence-electron chi connectivity index (χ2n) is 6.97. The molecular weight excluding hydrogens is 434 g/mol. The predicted molar refractivity (Wildman–Crippen MR) is 111 cm³/mol. The fraction of sp³-hybridized carbons (Fsp3) is 0.625. The number of halogens is 1. The molecule has 0 unspecified atom stereocenters. The topological polar surface area (TPSA) is 104 Å². The number of hydrogen-bond acceptors (Lipinski definition) is 7. The number of fused-ring (bicyclic) bond motifs is 1. The molecule has 3 N–H and O–H groups in total. The van der Waals surface area contributed by atoms with Crippen molar-refractivity contribution in [2.45, 2.75) is 13.8 Å². The van der Waals surface area contributed by atoms with Gasteiger partial charge in [-0.3, -0.25) is 0 Å². The van der Waals surface area contributed by atoms with Gasteiger partial charge in [-0.25, -0.2) is 17.7 Å². The van der Waals surface area contributed by atoms with E-state index >= 15 is 0 Å². The minimum atomic E-state index is -3.32. The van der Waals surface area contributed by atoms with Crippen LogP contribution < -0.4 is 20.3 Å². The third-order valence-electron chi connectivity index (χ3n) is 4.19. The Morgan fingerprint density at radius 3 is 2.78 bits per heavy atom. The van der Waals surface area contributed by atoms with Crippen molar-refractivity contribution in [3.63, 3.8) is 0 Å². The second-order valence-corrected chi connectivity index (χ2v) is 9.82. The van der Waals surface area contributed by atoms with E-state index in [9.17, 15) is 8.42 Å². The van der Waals surface area contributed by atoms with E-state index in [1.807, 2.05) is 26.1 Å². The van der Waals surface area contributed by atoms with Gasteiger partial charge in [0.15, 0.2) is 5.82 Å². The summed E-state index contributed by atoms with van der Waals surface area (Å²) < 4.78 is 29.5. The largest absolute Gasteiger partial charge is 0.367 e. The van der Waals surface area contributed by atoms with Gasteiger partial charge in [0.05, 0.1) is 5.75 Å². The Balaban J connectivity index is 1.74. The Morgan fingerprint density at radius 1 is 1.33 bits per heavy atom. The first kappa shape index (κ1) is 20.3. The fourth-order valence-corrected chi connectivity index (χ4v) is 4.27. The lowest BCUT2D eigenvalue weighted by atomic mass is 10.2. The van der Waals surface area contributed by atoms with Crippen molar-refractivity contribution in [2.75, 3.05) is 55.2 Å². The molecule has 2 aromatic heterocycles. The summed E-state index contributed by atoms with van der Waals surface area (Å²) >= 11 is 3.47. The average Bonchev–Trinajstić information content (AvgIpc) is 3.01. The lowest BCUT2D eigenvalue weighted by molar-refractivity contribution is 0.560. The van der Waals surface area contributed by atoms with Gasteiger partial charge in [-0.05, 0) is 27.9 Å². The number of hydrogen-bond donors (Lipinski definition) is 3. The SMILES string of the molecule is CC(C)CNS(=O)(=O)CCNc1nc(N2CCNCC2)nn2cc(Br)cc12. The van der Waals surface area contributed by atoms with Crippen LogP contribution in [-0.4, -0.2) is 68.0 Å². The Hall–Kier alpha value is -1.43. The van der Waals surface area contributed by atoms with Crippen LogP contribution in [0.4, 0.5) is 11.8 Å². The van der Waals surface area contributed by atoms with Crippen molar-refractivity contribution >= 4 is 43.2 Å². The van der Waals surface area contributed by atoms with Crippen LogP contribution in [0.3, 0.4) is 0 Å². The molecule has 0 spiro atoms. The summed E-state index contributed by atoms with van der Waals surface area (Å²) in [7, 11) is -3.32. The Labute approximate surface area is 168 Å². The number of aromatic nitrogens is 3. The van der Waals surface area contributed by atoms with Crippen LogP contribution in [0.15, 0.2) is 16.7 Å². The molecule has 1 aliphatic rings. The predicted octanol–water partition coefficient (Wildman–Crippen LogP) is 0.889.